The lowest BCUT2D eigenvalue weighted by Gasteiger charge is -2.11. The van der Waals surface area contributed by atoms with Crippen LogP contribution in [0, 0.1) is 6.92 Å². The average molecular weight is 558 g/mol. The first-order chi connectivity index (χ1) is 18.8. The Morgan fingerprint density at radius 2 is 1.59 bits per heavy atom. The summed E-state index contributed by atoms with van der Waals surface area (Å²) in [5.41, 5.74) is 4.50. The monoisotopic (exact) mass is 557 g/mol. The van der Waals surface area contributed by atoms with Gasteiger partial charge in [0, 0.05) is 22.9 Å². The fraction of sp³-hybridized carbons (Fsp3) is 0.0667. The molecule has 0 fully saturated rings. The fourth-order valence-electron chi connectivity index (χ4n) is 3.83. The van der Waals surface area contributed by atoms with Gasteiger partial charge >= 0.3 is 10.1 Å². The van der Waals surface area contributed by atoms with Crippen LogP contribution in [-0.2, 0) is 10.1 Å². The minimum atomic E-state index is -4.08. The topological polar surface area (TPSA) is 82.8 Å². The third kappa shape index (κ3) is 6.03. The van der Waals surface area contributed by atoms with Crippen LogP contribution in [0.15, 0.2) is 113 Å². The first kappa shape index (κ1) is 26.2. The Morgan fingerprint density at radius 1 is 0.872 bits per heavy atom. The van der Waals surface area contributed by atoms with Crippen LogP contribution < -0.4 is 8.92 Å². The standard InChI is InChI=1S/C30H24ClN3O4S/c1-21-8-11-23(12-9-21)27-19-30(34(33-27)25-6-4-3-5-7-25)32-20-22-10-17-28(29(18-22)37-2)38-39(35,36)26-15-13-24(31)14-16-26/h3-20H,1-2H3. The molecular weight excluding hydrogens is 534 g/mol. The summed E-state index contributed by atoms with van der Waals surface area (Å²) in [5.74, 6) is 0.926. The highest BCUT2D eigenvalue weighted by molar-refractivity contribution is 7.87. The molecule has 4 aromatic carbocycles. The molecule has 0 aliphatic rings. The first-order valence-electron chi connectivity index (χ1n) is 12.0. The molecule has 196 valence electrons. The molecule has 0 amide bonds. The SMILES string of the molecule is COc1cc(C=Nc2cc(-c3ccc(C)cc3)nn2-c2ccccc2)ccc1OS(=O)(=O)c1ccc(Cl)cc1. The summed E-state index contributed by atoms with van der Waals surface area (Å²) in [4.78, 5) is 4.68. The Bertz CT molecular complexity index is 1730. The number of methoxy groups -OCH3 is 1. The van der Waals surface area contributed by atoms with Gasteiger partial charge in [-0.2, -0.15) is 13.5 Å². The van der Waals surface area contributed by atoms with Crippen molar-refractivity contribution in [3.63, 3.8) is 0 Å². The summed E-state index contributed by atoms with van der Waals surface area (Å²) in [5, 5.41) is 5.22. The van der Waals surface area contributed by atoms with E-state index in [4.69, 9.17) is 30.6 Å². The molecule has 0 aliphatic carbocycles. The summed E-state index contributed by atoms with van der Waals surface area (Å²) < 4.78 is 38.0. The summed E-state index contributed by atoms with van der Waals surface area (Å²) in [7, 11) is -2.64. The molecule has 5 rings (SSSR count). The van der Waals surface area contributed by atoms with Gasteiger partial charge in [0.15, 0.2) is 17.3 Å². The predicted molar refractivity (Wildman–Crippen MR) is 153 cm³/mol. The summed E-state index contributed by atoms with van der Waals surface area (Å²) in [6.07, 6.45) is 1.66. The molecule has 0 spiro atoms. The van der Waals surface area contributed by atoms with Crippen LogP contribution in [-0.4, -0.2) is 31.5 Å². The van der Waals surface area contributed by atoms with E-state index >= 15 is 0 Å². The Labute approximate surface area is 232 Å². The number of hydrogen-bond acceptors (Lipinski definition) is 6. The lowest BCUT2D eigenvalue weighted by atomic mass is 10.1. The predicted octanol–water partition coefficient (Wildman–Crippen LogP) is 7.03. The van der Waals surface area contributed by atoms with Crippen molar-refractivity contribution >= 4 is 33.8 Å². The van der Waals surface area contributed by atoms with Crippen molar-refractivity contribution in [1.82, 2.24) is 9.78 Å². The van der Waals surface area contributed by atoms with E-state index in [1.807, 2.05) is 67.6 Å². The average Bonchev–Trinajstić information content (AvgIpc) is 3.37. The minimum absolute atomic E-state index is 0.0156. The number of aryl methyl sites for hydroxylation is 1. The van der Waals surface area contributed by atoms with E-state index in [9.17, 15) is 8.42 Å². The van der Waals surface area contributed by atoms with Crippen LogP contribution in [0.2, 0.25) is 5.02 Å². The highest BCUT2D eigenvalue weighted by atomic mass is 35.5. The Morgan fingerprint density at radius 3 is 2.28 bits per heavy atom. The maximum Gasteiger partial charge on any atom is 0.339 e. The molecule has 0 unspecified atom stereocenters. The molecule has 0 saturated carbocycles. The number of ether oxygens (including phenoxy) is 1. The molecule has 1 heterocycles. The highest BCUT2D eigenvalue weighted by Gasteiger charge is 2.19. The van der Waals surface area contributed by atoms with Crippen molar-refractivity contribution in [2.24, 2.45) is 4.99 Å². The van der Waals surface area contributed by atoms with Gasteiger partial charge in [0.25, 0.3) is 0 Å². The first-order valence-corrected chi connectivity index (χ1v) is 13.8. The van der Waals surface area contributed by atoms with Gasteiger partial charge in [0.2, 0.25) is 0 Å². The van der Waals surface area contributed by atoms with E-state index < -0.39 is 10.1 Å². The number of rotatable bonds is 8. The lowest BCUT2D eigenvalue weighted by molar-refractivity contribution is 0.390. The molecule has 9 heteroatoms. The molecule has 1 aromatic heterocycles. The Kier molecular flexibility index (Phi) is 7.49. The quantitative estimate of drug-likeness (QED) is 0.151. The lowest BCUT2D eigenvalue weighted by Crippen LogP contribution is -2.10. The van der Waals surface area contributed by atoms with E-state index in [-0.39, 0.29) is 16.4 Å². The second-order valence-corrected chi connectivity index (χ2v) is 10.6. The van der Waals surface area contributed by atoms with E-state index in [0.717, 1.165) is 16.9 Å². The molecule has 5 aromatic rings. The van der Waals surface area contributed by atoms with Crippen LogP contribution in [0.5, 0.6) is 11.5 Å². The third-order valence-electron chi connectivity index (χ3n) is 5.87. The second-order valence-electron chi connectivity index (χ2n) is 8.66. The number of aliphatic imine (C=N–C) groups is 1. The van der Waals surface area contributed by atoms with Gasteiger partial charge in [-0.25, -0.2) is 9.67 Å². The largest absolute Gasteiger partial charge is 0.493 e. The third-order valence-corrected chi connectivity index (χ3v) is 7.37. The molecule has 39 heavy (non-hydrogen) atoms. The summed E-state index contributed by atoms with van der Waals surface area (Å²) in [6, 6.07) is 30.4. The molecular formula is C30H24ClN3O4S. The van der Waals surface area contributed by atoms with Gasteiger partial charge in [-0.3, -0.25) is 0 Å². The van der Waals surface area contributed by atoms with Crippen molar-refractivity contribution in [3.05, 3.63) is 119 Å². The van der Waals surface area contributed by atoms with Crippen molar-refractivity contribution in [2.75, 3.05) is 7.11 Å². The highest BCUT2D eigenvalue weighted by Crippen LogP contribution is 2.32. The number of para-hydroxylation sites is 1. The van der Waals surface area contributed by atoms with Crippen LogP contribution in [0.4, 0.5) is 5.82 Å². The zero-order chi connectivity index (χ0) is 27.4. The molecule has 0 aliphatic heterocycles. The Hall–Kier alpha value is -4.40. The second kappa shape index (κ2) is 11.1. The zero-order valence-electron chi connectivity index (χ0n) is 21.2. The fourth-order valence-corrected chi connectivity index (χ4v) is 4.90. The van der Waals surface area contributed by atoms with Gasteiger partial charge in [0.1, 0.15) is 4.90 Å². The van der Waals surface area contributed by atoms with Crippen molar-refractivity contribution in [1.29, 1.82) is 0 Å². The molecule has 7 nitrogen and oxygen atoms in total. The van der Waals surface area contributed by atoms with Gasteiger partial charge in [-0.15, -0.1) is 0 Å². The number of nitrogens with zero attached hydrogens (tertiary/aromatic N) is 3. The van der Waals surface area contributed by atoms with Crippen LogP contribution in [0.3, 0.4) is 0 Å². The molecule has 0 atom stereocenters. The van der Waals surface area contributed by atoms with Gasteiger partial charge in [-0.05, 0) is 67.1 Å². The molecule has 0 saturated heterocycles. The van der Waals surface area contributed by atoms with Gasteiger partial charge in [-0.1, -0.05) is 59.6 Å². The molecule has 0 bridgehead atoms. The van der Waals surface area contributed by atoms with Crippen LogP contribution >= 0.6 is 11.6 Å². The van der Waals surface area contributed by atoms with Crippen LogP contribution in [0.25, 0.3) is 16.9 Å². The van der Waals surface area contributed by atoms with Gasteiger partial charge in [0.05, 0.1) is 18.5 Å². The smallest absolute Gasteiger partial charge is 0.339 e. The Balaban J connectivity index is 1.45. The van der Waals surface area contributed by atoms with E-state index in [2.05, 4.69) is 0 Å². The summed E-state index contributed by atoms with van der Waals surface area (Å²) >= 11 is 5.87. The number of hydrogen-bond donors (Lipinski definition) is 0. The van der Waals surface area contributed by atoms with Crippen molar-refractivity contribution in [3.8, 4) is 28.4 Å². The zero-order valence-corrected chi connectivity index (χ0v) is 22.7. The number of benzene rings is 4. The van der Waals surface area contributed by atoms with Crippen molar-refractivity contribution in [2.45, 2.75) is 11.8 Å². The molecule has 0 N–H and O–H groups in total. The van der Waals surface area contributed by atoms with Crippen LogP contribution in [0.1, 0.15) is 11.1 Å². The summed E-state index contributed by atoms with van der Waals surface area (Å²) in [6.45, 7) is 2.04. The maximum atomic E-state index is 12.7. The normalized spacial score (nSPS) is 11.6. The minimum Gasteiger partial charge on any atom is -0.493 e. The van der Waals surface area contributed by atoms with E-state index in [0.29, 0.717) is 16.4 Å². The number of halogens is 1. The number of aromatic nitrogens is 2. The van der Waals surface area contributed by atoms with Crippen molar-refractivity contribution < 1.29 is 17.3 Å². The van der Waals surface area contributed by atoms with E-state index in [1.165, 1.54) is 43.0 Å². The maximum absolute atomic E-state index is 12.7. The molecule has 0 radical (unpaired) electrons. The van der Waals surface area contributed by atoms with E-state index in [1.54, 1.807) is 23.0 Å². The van der Waals surface area contributed by atoms with Gasteiger partial charge < -0.3 is 8.92 Å².